The fourth-order valence-corrected chi connectivity index (χ4v) is 3.18. The first-order valence-electron chi connectivity index (χ1n) is 8.70. The molecule has 0 radical (unpaired) electrons. The molecule has 26 heavy (non-hydrogen) atoms. The molecule has 1 aromatic heterocycles. The number of ether oxygens (including phenoxy) is 2. The summed E-state index contributed by atoms with van der Waals surface area (Å²) in [6.45, 7) is 6.69. The molecule has 0 spiro atoms. The molecule has 4 rings (SSSR count). The van der Waals surface area contributed by atoms with Crippen LogP contribution in [0.5, 0.6) is 11.5 Å². The first kappa shape index (κ1) is 16.5. The Labute approximate surface area is 151 Å². The van der Waals surface area contributed by atoms with E-state index in [4.69, 9.17) is 13.9 Å². The van der Waals surface area contributed by atoms with Gasteiger partial charge in [0.2, 0.25) is 0 Å². The third-order valence-electron chi connectivity index (χ3n) is 4.89. The van der Waals surface area contributed by atoms with Gasteiger partial charge in [0.25, 0.3) is 5.91 Å². The Kier molecular flexibility index (Phi) is 4.07. The molecule has 2 heterocycles. The highest BCUT2D eigenvalue weighted by molar-refractivity contribution is 5.99. The number of para-hydroxylation sites is 2. The predicted octanol–water partition coefficient (Wildman–Crippen LogP) is 3.93. The largest absolute Gasteiger partial charge is 0.486 e. The zero-order valence-electron chi connectivity index (χ0n) is 15.1. The Morgan fingerprint density at radius 2 is 1.85 bits per heavy atom. The number of nitrogens with one attached hydrogen (secondary N) is 1. The van der Waals surface area contributed by atoms with E-state index in [1.165, 1.54) is 0 Å². The summed E-state index contributed by atoms with van der Waals surface area (Å²) >= 11 is 0. The molecule has 1 atom stereocenters. The first-order chi connectivity index (χ1) is 12.5. The van der Waals surface area contributed by atoms with Gasteiger partial charge in [-0.25, -0.2) is 0 Å². The second-order valence-electron chi connectivity index (χ2n) is 6.65. The van der Waals surface area contributed by atoms with Gasteiger partial charge >= 0.3 is 0 Å². The molecule has 0 saturated heterocycles. The Hall–Kier alpha value is -2.95. The van der Waals surface area contributed by atoms with Gasteiger partial charge in [0.15, 0.2) is 17.3 Å². The van der Waals surface area contributed by atoms with E-state index in [9.17, 15) is 4.79 Å². The van der Waals surface area contributed by atoms with Gasteiger partial charge in [0, 0.05) is 10.9 Å². The van der Waals surface area contributed by atoms with E-state index >= 15 is 0 Å². The monoisotopic (exact) mass is 351 g/mol. The van der Waals surface area contributed by atoms with E-state index in [2.05, 4.69) is 5.32 Å². The summed E-state index contributed by atoms with van der Waals surface area (Å²) < 4.78 is 17.4. The van der Waals surface area contributed by atoms with Crippen molar-refractivity contribution in [2.24, 2.45) is 0 Å². The number of benzene rings is 2. The van der Waals surface area contributed by atoms with E-state index in [0.29, 0.717) is 24.7 Å². The van der Waals surface area contributed by atoms with Crippen molar-refractivity contribution in [2.45, 2.75) is 26.9 Å². The molecule has 0 bridgehead atoms. The molecule has 5 heteroatoms. The lowest BCUT2D eigenvalue weighted by atomic mass is 10.0. The van der Waals surface area contributed by atoms with Crippen LogP contribution in [0.4, 0.5) is 0 Å². The number of furan rings is 1. The maximum Gasteiger partial charge on any atom is 0.287 e. The number of aryl methyl sites for hydroxylation is 3. The number of hydrogen-bond acceptors (Lipinski definition) is 4. The topological polar surface area (TPSA) is 60.7 Å². The van der Waals surface area contributed by atoms with Crippen molar-refractivity contribution < 1.29 is 18.7 Å². The third kappa shape index (κ3) is 2.79. The summed E-state index contributed by atoms with van der Waals surface area (Å²) in [6, 6.07) is 11.6. The quantitative estimate of drug-likeness (QED) is 0.777. The van der Waals surface area contributed by atoms with Gasteiger partial charge in [0.05, 0.1) is 6.54 Å². The molecule has 134 valence electrons. The number of amides is 1. The van der Waals surface area contributed by atoms with Crippen molar-refractivity contribution >= 4 is 16.9 Å². The van der Waals surface area contributed by atoms with Gasteiger partial charge in [0.1, 0.15) is 18.3 Å². The summed E-state index contributed by atoms with van der Waals surface area (Å²) in [5, 5.41) is 3.87. The Bertz CT molecular complexity index is 989. The minimum absolute atomic E-state index is 0.234. The zero-order valence-corrected chi connectivity index (χ0v) is 15.1. The van der Waals surface area contributed by atoms with Crippen molar-refractivity contribution in [3.63, 3.8) is 0 Å². The number of carbonyl (C=O) groups excluding carboxylic acids is 1. The first-order valence-corrected chi connectivity index (χ1v) is 8.70. The van der Waals surface area contributed by atoms with Gasteiger partial charge < -0.3 is 19.2 Å². The number of hydrogen-bond donors (Lipinski definition) is 1. The van der Waals surface area contributed by atoms with Gasteiger partial charge in [-0.15, -0.1) is 0 Å². The minimum Gasteiger partial charge on any atom is -0.486 e. The molecule has 0 fully saturated rings. The summed E-state index contributed by atoms with van der Waals surface area (Å²) in [7, 11) is 0. The molecule has 2 aromatic carbocycles. The van der Waals surface area contributed by atoms with Gasteiger partial charge in [-0.3, -0.25) is 4.79 Å². The SMILES string of the molecule is Cc1ccc2c(C)c(C(=O)NCC3COc4ccccc4O3)oc2c1C. The lowest BCUT2D eigenvalue weighted by Gasteiger charge is -2.26. The van der Waals surface area contributed by atoms with Crippen LogP contribution in [-0.2, 0) is 0 Å². The second kappa shape index (κ2) is 6.41. The van der Waals surface area contributed by atoms with Crippen LogP contribution >= 0.6 is 0 Å². The van der Waals surface area contributed by atoms with Crippen molar-refractivity contribution in [1.29, 1.82) is 0 Å². The molecule has 1 aliphatic rings. The molecular weight excluding hydrogens is 330 g/mol. The maximum atomic E-state index is 12.6. The van der Waals surface area contributed by atoms with Crippen molar-refractivity contribution in [2.75, 3.05) is 13.2 Å². The average molecular weight is 351 g/mol. The molecule has 5 nitrogen and oxygen atoms in total. The lowest BCUT2D eigenvalue weighted by molar-refractivity contribution is 0.0774. The molecule has 1 N–H and O–H groups in total. The Balaban J connectivity index is 1.48. The van der Waals surface area contributed by atoms with Crippen LogP contribution in [0.2, 0.25) is 0 Å². The van der Waals surface area contributed by atoms with Crippen molar-refractivity contribution in [3.8, 4) is 11.5 Å². The third-order valence-corrected chi connectivity index (χ3v) is 4.89. The van der Waals surface area contributed by atoms with Crippen LogP contribution in [0.15, 0.2) is 40.8 Å². The number of carbonyl (C=O) groups is 1. The van der Waals surface area contributed by atoms with E-state index in [0.717, 1.165) is 33.4 Å². The fraction of sp³-hybridized carbons (Fsp3) is 0.286. The second-order valence-corrected chi connectivity index (χ2v) is 6.65. The summed E-state index contributed by atoms with van der Waals surface area (Å²) in [6.07, 6.45) is -0.234. The molecule has 1 aliphatic heterocycles. The zero-order chi connectivity index (χ0) is 18.3. The molecule has 0 aliphatic carbocycles. The lowest BCUT2D eigenvalue weighted by Crippen LogP contribution is -2.40. The van der Waals surface area contributed by atoms with E-state index in [-0.39, 0.29) is 12.0 Å². The van der Waals surface area contributed by atoms with Crippen LogP contribution in [-0.4, -0.2) is 25.2 Å². The van der Waals surface area contributed by atoms with Crippen molar-refractivity contribution in [1.82, 2.24) is 5.32 Å². The molecule has 0 saturated carbocycles. The molecule has 1 amide bonds. The van der Waals surface area contributed by atoms with E-state index < -0.39 is 0 Å². The van der Waals surface area contributed by atoms with Crippen LogP contribution in [0, 0.1) is 20.8 Å². The summed E-state index contributed by atoms with van der Waals surface area (Å²) in [5.41, 5.74) is 3.83. The van der Waals surface area contributed by atoms with Crippen LogP contribution < -0.4 is 14.8 Å². The van der Waals surface area contributed by atoms with E-state index in [1.54, 1.807) is 0 Å². The van der Waals surface area contributed by atoms with Crippen LogP contribution in [0.25, 0.3) is 11.0 Å². The average Bonchev–Trinajstić information content (AvgIpc) is 3.00. The summed E-state index contributed by atoms with van der Waals surface area (Å²) in [4.78, 5) is 12.6. The minimum atomic E-state index is -0.238. The van der Waals surface area contributed by atoms with Crippen LogP contribution in [0.1, 0.15) is 27.2 Å². The smallest absolute Gasteiger partial charge is 0.287 e. The van der Waals surface area contributed by atoms with Gasteiger partial charge in [-0.2, -0.15) is 0 Å². The van der Waals surface area contributed by atoms with Gasteiger partial charge in [-0.05, 0) is 44.0 Å². The number of rotatable bonds is 3. The fourth-order valence-electron chi connectivity index (χ4n) is 3.18. The Morgan fingerprint density at radius 3 is 2.65 bits per heavy atom. The maximum absolute atomic E-state index is 12.6. The highest BCUT2D eigenvalue weighted by Gasteiger charge is 2.23. The molecule has 1 unspecified atom stereocenters. The highest BCUT2D eigenvalue weighted by atomic mass is 16.6. The van der Waals surface area contributed by atoms with Crippen LogP contribution in [0.3, 0.4) is 0 Å². The Morgan fingerprint density at radius 1 is 1.08 bits per heavy atom. The predicted molar refractivity (Wildman–Crippen MR) is 99.1 cm³/mol. The molecule has 3 aromatic rings. The normalized spacial score (nSPS) is 15.9. The highest BCUT2D eigenvalue weighted by Crippen LogP contribution is 2.31. The van der Waals surface area contributed by atoms with Crippen molar-refractivity contribution in [3.05, 3.63) is 58.8 Å². The van der Waals surface area contributed by atoms with E-state index in [1.807, 2.05) is 57.2 Å². The standard InChI is InChI=1S/C21H21NO4/c1-12-8-9-16-14(3)20(26-19(16)13(12)2)21(23)22-10-15-11-24-17-6-4-5-7-18(17)25-15/h4-9,15H,10-11H2,1-3H3,(H,22,23). The molecular formula is C21H21NO4. The summed E-state index contributed by atoms with van der Waals surface area (Å²) in [5.74, 6) is 1.54. The van der Waals surface area contributed by atoms with Gasteiger partial charge in [-0.1, -0.05) is 24.3 Å². The number of fused-ring (bicyclic) bond motifs is 2.